The number of nitrogens with two attached hydrogens (primary N) is 1. The van der Waals surface area contributed by atoms with Crippen molar-refractivity contribution in [3.05, 3.63) is 24.3 Å². The number of morpholine rings is 1. The van der Waals surface area contributed by atoms with Crippen molar-refractivity contribution in [1.82, 2.24) is 0 Å². The molecule has 2 rings (SSSR count). The maximum Gasteiger partial charge on any atom is 0.227 e. The van der Waals surface area contributed by atoms with E-state index in [1.165, 1.54) is 0 Å². The quantitative estimate of drug-likeness (QED) is 0.855. The molecular weight excluding hydrogens is 254 g/mol. The summed E-state index contributed by atoms with van der Waals surface area (Å²) in [7, 11) is 0. The third kappa shape index (κ3) is 3.71. The Kier molecular flexibility index (Phi) is 5.38. The standard InChI is InChI=1S/C15H23N3O2/c1-12(6-7-16)15(19)17-13-4-2-3-5-14(13)18-8-10-20-11-9-18/h2-5,12H,6-11,16H2,1H3,(H,17,19). The first-order valence-electron chi connectivity index (χ1n) is 7.15. The van der Waals surface area contributed by atoms with Gasteiger partial charge in [0.1, 0.15) is 0 Å². The maximum atomic E-state index is 12.1. The van der Waals surface area contributed by atoms with Gasteiger partial charge in [0, 0.05) is 19.0 Å². The van der Waals surface area contributed by atoms with Crippen LogP contribution in [0.3, 0.4) is 0 Å². The molecule has 1 amide bonds. The minimum absolute atomic E-state index is 0.0242. The lowest BCUT2D eigenvalue weighted by Crippen LogP contribution is -2.37. The molecule has 3 N–H and O–H groups in total. The Bertz CT molecular complexity index is 444. The lowest BCUT2D eigenvalue weighted by molar-refractivity contribution is -0.119. The van der Waals surface area contributed by atoms with Crippen LogP contribution in [0.25, 0.3) is 0 Å². The van der Waals surface area contributed by atoms with Gasteiger partial charge in [-0.1, -0.05) is 19.1 Å². The Morgan fingerprint density at radius 2 is 2.10 bits per heavy atom. The highest BCUT2D eigenvalue weighted by Gasteiger charge is 2.17. The van der Waals surface area contributed by atoms with E-state index in [4.69, 9.17) is 10.5 Å². The first-order chi connectivity index (χ1) is 9.72. The average molecular weight is 277 g/mol. The second-order valence-electron chi connectivity index (χ2n) is 5.08. The highest BCUT2D eigenvalue weighted by Crippen LogP contribution is 2.26. The molecule has 1 heterocycles. The number of nitrogens with one attached hydrogen (secondary N) is 1. The van der Waals surface area contributed by atoms with Gasteiger partial charge in [0.25, 0.3) is 0 Å². The van der Waals surface area contributed by atoms with Crippen LogP contribution >= 0.6 is 0 Å². The number of anilines is 2. The third-order valence-electron chi connectivity index (χ3n) is 3.56. The van der Waals surface area contributed by atoms with Gasteiger partial charge in [-0.3, -0.25) is 4.79 Å². The predicted molar refractivity (Wildman–Crippen MR) is 80.9 cm³/mol. The van der Waals surface area contributed by atoms with Crippen LogP contribution in [-0.4, -0.2) is 38.8 Å². The molecule has 5 nitrogen and oxygen atoms in total. The first kappa shape index (κ1) is 14.8. The van der Waals surface area contributed by atoms with Crippen molar-refractivity contribution in [2.75, 3.05) is 43.1 Å². The molecule has 1 fully saturated rings. The average Bonchev–Trinajstić information content (AvgIpc) is 2.49. The van der Waals surface area contributed by atoms with Gasteiger partial charge in [-0.05, 0) is 25.1 Å². The summed E-state index contributed by atoms with van der Waals surface area (Å²) in [6.45, 7) is 5.59. The number of hydrogen-bond acceptors (Lipinski definition) is 4. The Hall–Kier alpha value is -1.59. The zero-order valence-electron chi connectivity index (χ0n) is 12.0. The molecule has 1 aliphatic rings. The summed E-state index contributed by atoms with van der Waals surface area (Å²) in [5.41, 5.74) is 7.43. The SMILES string of the molecule is CC(CCN)C(=O)Nc1ccccc1N1CCOCC1. The van der Waals surface area contributed by atoms with Crippen LogP contribution < -0.4 is 16.0 Å². The monoisotopic (exact) mass is 277 g/mol. The highest BCUT2D eigenvalue weighted by atomic mass is 16.5. The largest absolute Gasteiger partial charge is 0.378 e. The Balaban J connectivity index is 2.09. The smallest absolute Gasteiger partial charge is 0.227 e. The zero-order valence-corrected chi connectivity index (χ0v) is 12.0. The Morgan fingerprint density at radius 3 is 2.80 bits per heavy atom. The van der Waals surface area contributed by atoms with E-state index in [9.17, 15) is 4.79 Å². The molecule has 20 heavy (non-hydrogen) atoms. The second-order valence-corrected chi connectivity index (χ2v) is 5.08. The van der Waals surface area contributed by atoms with Gasteiger partial charge in [0.2, 0.25) is 5.91 Å². The van der Waals surface area contributed by atoms with Crippen LogP contribution in [0.5, 0.6) is 0 Å². The molecule has 0 bridgehead atoms. The topological polar surface area (TPSA) is 67.6 Å². The Morgan fingerprint density at radius 1 is 1.40 bits per heavy atom. The maximum absolute atomic E-state index is 12.1. The predicted octanol–water partition coefficient (Wildman–Crippen LogP) is 1.45. The minimum atomic E-state index is -0.0715. The van der Waals surface area contributed by atoms with Gasteiger partial charge in [-0.25, -0.2) is 0 Å². The summed E-state index contributed by atoms with van der Waals surface area (Å²) in [5.74, 6) is -0.0473. The van der Waals surface area contributed by atoms with E-state index in [1.54, 1.807) is 0 Å². The lowest BCUT2D eigenvalue weighted by atomic mass is 10.1. The fourth-order valence-corrected chi connectivity index (χ4v) is 2.30. The van der Waals surface area contributed by atoms with Crippen LogP contribution in [0.15, 0.2) is 24.3 Å². The molecule has 0 radical (unpaired) electrons. The first-order valence-corrected chi connectivity index (χ1v) is 7.15. The van der Waals surface area contributed by atoms with Crippen molar-refractivity contribution in [3.63, 3.8) is 0 Å². The Labute approximate surface area is 120 Å². The van der Waals surface area contributed by atoms with Gasteiger partial charge in [-0.15, -0.1) is 0 Å². The number of hydrogen-bond donors (Lipinski definition) is 2. The molecule has 1 aliphatic heterocycles. The van der Waals surface area contributed by atoms with Crippen LogP contribution in [0.1, 0.15) is 13.3 Å². The number of benzene rings is 1. The number of nitrogens with zero attached hydrogens (tertiary/aromatic N) is 1. The van der Waals surface area contributed by atoms with Crippen molar-refractivity contribution in [2.24, 2.45) is 11.7 Å². The van der Waals surface area contributed by atoms with E-state index in [1.807, 2.05) is 31.2 Å². The zero-order chi connectivity index (χ0) is 14.4. The summed E-state index contributed by atoms with van der Waals surface area (Å²) in [6, 6.07) is 7.91. The normalized spacial score (nSPS) is 16.8. The molecule has 1 atom stereocenters. The lowest BCUT2D eigenvalue weighted by Gasteiger charge is -2.30. The van der Waals surface area contributed by atoms with Crippen molar-refractivity contribution in [2.45, 2.75) is 13.3 Å². The molecule has 0 saturated carbocycles. The van der Waals surface area contributed by atoms with Gasteiger partial charge in [-0.2, -0.15) is 0 Å². The fourth-order valence-electron chi connectivity index (χ4n) is 2.30. The number of para-hydroxylation sites is 2. The van der Waals surface area contributed by atoms with Crippen molar-refractivity contribution < 1.29 is 9.53 Å². The fraction of sp³-hybridized carbons (Fsp3) is 0.533. The number of ether oxygens (including phenoxy) is 1. The summed E-state index contributed by atoms with van der Waals surface area (Å²) in [4.78, 5) is 14.4. The van der Waals surface area contributed by atoms with Crippen molar-refractivity contribution in [1.29, 1.82) is 0 Å². The van der Waals surface area contributed by atoms with E-state index >= 15 is 0 Å². The van der Waals surface area contributed by atoms with Crippen molar-refractivity contribution >= 4 is 17.3 Å². The van der Waals surface area contributed by atoms with E-state index in [-0.39, 0.29) is 11.8 Å². The molecule has 0 aliphatic carbocycles. The summed E-state index contributed by atoms with van der Waals surface area (Å²) in [6.07, 6.45) is 0.700. The molecule has 1 unspecified atom stereocenters. The van der Waals surface area contributed by atoms with Crippen LogP contribution in [0.2, 0.25) is 0 Å². The molecule has 110 valence electrons. The van der Waals surface area contributed by atoms with Crippen LogP contribution in [0.4, 0.5) is 11.4 Å². The number of amides is 1. The van der Waals surface area contributed by atoms with Crippen LogP contribution in [0, 0.1) is 5.92 Å². The molecule has 1 aromatic rings. The van der Waals surface area contributed by atoms with Gasteiger partial charge >= 0.3 is 0 Å². The van der Waals surface area contributed by atoms with Gasteiger partial charge < -0.3 is 20.7 Å². The number of rotatable bonds is 5. The van der Waals surface area contributed by atoms with E-state index in [0.717, 1.165) is 37.7 Å². The van der Waals surface area contributed by atoms with Gasteiger partial charge in [0.15, 0.2) is 0 Å². The second kappa shape index (κ2) is 7.26. The number of carbonyl (C=O) groups excluding carboxylic acids is 1. The molecule has 0 aromatic heterocycles. The summed E-state index contributed by atoms with van der Waals surface area (Å²) < 4.78 is 5.37. The van der Waals surface area contributed by atoms with Crippen molar-refractivity contribution in [3.8, 4) is 0 Å². The van der Waals surface area contributed by atoms with Crippen LogP contribution in [-0.2, 0) is 9.53 Å². The highest BCUT2D eigenvalue weighted by molar-refractivity contribution is 5.95. The van der Waals surface area contributed by atoms with Gasteiger partial charge in [0.05, 0.1) is 24.6 Å². The van der Waals surface area contributed by atoms with E-state index in [2.05, 4.69) is 10.2 Å². The molecule has 1 saturated heterocycles. The summed E-state index contributed by atoms with van der Waals surface area (Å²) in [5, 5.41) is 3.02. The molecular formula is C15H23N3O2. The molecule has 5 heteroatoms. The summed E-state index contributed by atoms with van der Waals surface area (Å²) >= 11 is 0. The molecule has 0 spiro atoms. The third-order valence-corrected chi connectivity index (χ3v) is 3.56. The number of carbonyl (C=O) groups is 1. The molecule has 1 aromatic carbocycles. The minimum Gasteiger partial charge on any atom is -0.378 e. The van der Waals surface area contributed by atoms with E-state index < -0.39 is 0 Å². The van der Waals surface area contributed by atoms with E-state index in [0.29, 0.717) is 13.0 Å².